The van der Waals surface area contributed by atoms with Crippen LogP contribution >= 0.6 is 27.7 Å². The average Bonchev–Trinajstić information content (AvgIpc) is 3.10. The Bertz CT molecular complexity index is 813. The molecular formula is C17H15BrN2O4S. The van der Waals surface area contributed by atoms with Crippen molar-refractivity contribution in [1.82, 2.24) is 4.90 Å². The molecular weight excluding hydrogens is 408 g/mol. The lowest BCUT2D eigenvalue weighted by Crippen LogP contribution is -2.30. The summed E-state index contributed by atoms with van der Waals surface area (Å²) >= 11 is 5.17. The lowest BCUT2D eigenvalue weighted by Gasteiger charge is -2.24. The molecule has 1 unspecified atom stereocenters. The number of non-ortho nitro benzene ring substituents is 1. The molecule has 2 aromatic rings. The topological polar surface area (TPSA) is 72.7 Å². The number of amides is 1. The Morgan fingerprint density at radius 1 is 1.32 bits per heavy atom. The van der Waals surface area contributed by atoms with Gasteiger partial charge in [0.1, 0.15) is 11.1 Å². The number of carbonyl (C=O) groups excluding carboxylic acids is 1. The van der Waals surface area contributed by atoms with Crippen LogP contribution in [-0.2, 0) is 0 Å². The van der Waals surface area contributed by atoms with Crippen molar-refractivity contribution in [3.05, 3.63) is 68.2 Å². The predicted octanol–water partition coefficient (Wildman–Crippen LogP) is 4.25. The number of nitro groups is 1. The number of hydrogen-bond acceptors (Lipinski definition) is 5. The molecule has 0 bridgehead atoms. The lowest BCUT2D eigenvalue weighted by atomic mass is 10.1. The molecule has 1 aliphatic rings. The minimum Gasteiger partial charge on any atom is -0.496 e. The first-order chi connectivity index (χ1) is 12.0. The summed E-state index contributed by atoms with van der Waals surface area (Å²) < 4.78 is 6.08. The maximum atomic E-state index is 12.8. The molecule has 0 N–H and O–H groups in total. The van der Waals surface area contributed by atoms with Crippen LogP contribution in [0.15, 0.2) is 46.9 Å². The van der Waals surface area contributed by atoms with E-state index in [9.17, 15) is 14.9 Å². The van der Waals surface area contributed by atoms with Gasteiger partial charge in [0, 0.05) is 30.0 Å². The van der Waals surface area contributed by atoms with Crippen LogP contribution in [0, 0.1) is 10.1 Å². The van der Waals surface area contributed by atoms with Gasteiger partial charge in [-0.1, -0.05) is 6.07 Å². The molecule has 130 valence electrons. The van der Waals surface area contributed by atoms with Crippen LogP contribution in [0.2, 0.25) is 0 Å². The lowest BCUT2D eigenvalue weighted by molar-refractivity contribution is -0.384. The summed E-state index contributed by atoms with van der Waals surface area (Å²) in [6.07, 6.45) is 0. The number of hydrogen-bond donors (Lipinski definition) is 0. The highest BCUT2D eigenvalue weighted by Gasteiger charge is 2.31. The molecule has 1 saturated heterocycles. The van der Waals surface area contributed by atoms with Gasteiger partial charge in [0.25, 0.3) is 11.6 Å². The van der Waals surface area contributed by atoms with E-state index in [0.717, 1.165) is 21.5 Å². The highest BCUT2D eigenvalue weighted by molar-refractivity contribution is 9.10. The standard InChI is InChI=1S/C17H15BrN2O4S/c1-24-15-7-4-12(10-14(15)18)17-19(8-9-25-17)16(21)11-2-5-13(6-3-11)20(22)23/h2-7,10,17H,8-9H2,1H3. The van der Waals surface area contributed by atoms with E-state index in [-0.39, 0.29) is 17.0 Å². The van der Waals surface area contributed by atoms with E-state index in [1.54, 1.807) is 23.8 Å². The smallest absolute Gasteiger partial charge is 0.269 e. The number of ether oxygens (including phenoxy) is 1. The Morgan fingerprint density at radius 3 is 2.64 bits per heavy atom. The molecule has 0 aliphatic carbocycles. The Hall–Kier alpha value is -2.06. The van der Waals surface area contributed by atoms with E-state index < -0.39 is 4.92 Å². The van der Waals surface area contributed by atoms with Crippen molar-refractivity contribution in [3.8, 4) is 5.75 Å². The van der Waals surface area contributed by atoms with Gasteiger partial charge < -0.3 is 9.64 Å². The number of thioether (sulfide) groups is 1. The van der Waals surface area contributed by atoms with E-state index in [0.29, 0.717) is 12.1 Å². The first-order valence-corrected chi connectivity index (χ1v) is 9.36. The number of benzene rings is 2. The van der Waals surface area contributed by atoms with Crippen molar-refractivity contribution in [2.75, 3.05) is 19.4 Å². The number of methoxy groups -OCH3 is 1. The zero-order valence-corrected chi connectivity index (χ0v) is 15.7. The number of carbonyl (C=O) groups is 1. The first-order valence-electron chi connectivity index (χ1n) is 7.51. The first kappa shape index (κ1) is 17.8. The minimum atomic E-state index is -0.475. The van der Waals surface area contributed by atoms with E-state index >= 15 is 0 Å². The van der Waals surface area contributed by atoms with Crippen LogP contribution in [0.4, 0.5) is 5.69 Å². The Labute approximate surface area is 157 Å². The molecule has 0 aromatic heterocycles. The number of nitrogens with zero attached hydrogens (tertiary/aromatic N) is 2. The minimum absolute atomic E-state index is 0.0250. The molecule has 8 heteroatoms. The van der Waals surface area contributed by atoms with Crippen molar-refractivity contribution < 1.29 is 14.5 Å². The molecule has 0 radical (unpaired) electrons. The average molecular weight is 423 g/mol. The molecule has 1 amide bonds. The second kappa shape index (κ2) is 7.45. The molecule has 25 heavy (non-hydrogen) atoms. The fourth-order valence-corrected chi connectivity index (χ4v) is 4.49. The third-order valence-electron chi connectivity index (χ3n) is 3.94. The van der Waals surface area contributed by atoms with Gasteiger partial charge in [0.05, 0.1) is 16.5 Å². The number of rotatable bonds is 4. The van der Waals surface area contributed by atoms with E-state index in [2.05, 4.69) is 15.9 Å². The van der Waals surface area contributed by atoms with Gasteiger partial charge in [-0.2, -0.15) is 0 Å². The van der Waals surface area contributed by atoms with Gasteiger partial charge in [-0.3, -0.25) is 14.9 Å². The van der Waals surface area contributed by atoms with Crippen molar-refractivity contribution in [2.24, 2.45) is 0 Å². The van der Waals surface area contributed by atoms with Crippen LogP contribution in [0.1, 0.15) is 21.3 Å². The van der Waals surface area contributed by atoms with Crippen molar-refractivity contribution in [1.29, 1.82) is 0 Å². The fourth-order valence-electron chi connectivity index (χ4n) is 2.68. The van der Waals surface area contributed by atoms with Gasteiger partial charge in [-0.05, 0) is 45.8 Å². The van der Waals surface area contributed by atoms with Crippen LogP contribution in [0.5, 0.6) is 5.75 Å². The summed E-state index contributed by atoms with van der Waals surface area (Å²) in [6, 6.07) is 11.5. The van der Waals surface area contributed by atoms with Crippen LogP contribution in [0.3, 0.4) is 0 Å². The second-order valence-electron chi connectivity index (χ2n) is 5.42. The van der Waals surface area contributed by atoms with Gasteiger partial charge in [-0.15, -0.1) is 11.8 Å². The van der Waals surface area contributed by atoms with Crippen molar-refractivity contribution in [2.45, 2.75) is 5.37 Å². The van der Waals surface area contributed by atoms with Gasteiger partial charge in [-0.25, -0.2) is 0 Å². The SMILES string of the molecule is COc1ccc(C2SCCN2C(=O)c2ccc([N+](=O)[O-])cc2)cc1Br. The van der Waals surface area contributed by atoms with Gasteiger partial charge >= 0.3 is 0 Å². The fraction of sp³-hybridized carbons (Fsp3) is 0.235. The molecule has 1 heterocycles. The third kappa shape index (κ3) is 3.64. The van der Waals surface area contributed by atoms with Crippen molar-refractivity contribution >= 4 is 39.3 Å². The van der Waals surface area contributed by atoms with Gasteiger partial charge in [0.2, 0.25) is 0 Å². The summed E-state index contributed by atoms with van der Waals surface area (Å²) in [7, 11) is 1.61. The third-order valence-corrected chi connectivity index (χ3v) is 5.82. The summed E-state index contributed by atoms with van der Waals surface area (Å²) in [5, 5.41) is 10.7. The maximum Gasteiger partial charge on any atom is 0.269 e. The number of halogens is 1. The largest absolute Gasteiger partial charge is 0.496 e. The monoisotopic (exact) mass is 422 g/mol. The highest BCUT2D eigenvalue weighted by Crippen LogP contribution is 2.41. The molecule has 6 nitrogen and oxygen atoms in total. The van der Waals surface area contributed by atoms with E-state index in [1.807, 2.05) is 18.2 Å². The zero-order valence-electron chi connectivity index (χ0n) is 13.3. The molecule has 1 atom stereocenters. The van der Waals surface area contributed by atoms with Crippen LogP contribution < -0.4 is 4.74 Å². The molecule has 1 aliphatic heterocycles. The Balaban J connectivity index is 1.84. The molecule has 1 fully saturated rings. The highest BCUT2D eigenvalue weighted by atomic mass is 79.9. The molecule has 2 aromatic carbocycles. The molecule has 3 rings (SSSR count). The maximum absolute atomic E-state index is 12.8. The number of nitro benzene ring substituents is 1. The molecule has 0 saturated carbocycles. The van der Waals surface area contributed by atoms with Crippen LogP contribution in [0.25, 0.3) is 0 Å². The predicted molar refractivity (Wildman–Crippen MR) is 100 cm³/mol. The van der Waals surface area contributed by atoms with E-state index in [1.165, 1.54) is 24.3 Å². The summed E-state index contributed by atoms with van der Waals surface area (Å²) in [6.45, 7) is 0.634. The quantitative estimate of drug-likeness (QED) is 0.543. The second-order valence-corrected chi connectivity index (χ2v) is 7.46. The normalized spacial score (nSPS) is 16.7. The van der Waals surface area contributed by atoms with Crippen LogP contribution in [-0.4, -0.2) is 35.1 Å². The Kier molecular flexibility index (Phi) is 5.29. The summed E-state index contributed by atoms with van der Waals surface area (Å²) in [5.41, 5.74) is 1.43. The van der Waals surface area contributed by atoms with Gasteiger partial charge in [0.15, 0.2) is 0 Å². The summed E-state index contributed by atoms with van der Waals surface area (Å²) in [5.74, 6) is 1.45. The summed E-state index contributed by atoms with van der Waals surface area (Å²) in [4.78, 5) is 24.9. The van der Waals surface area contributed by atoms with Crippen molar-refractivity contribution in [3.63, 3.8) is 0 Å². The zero-order chi connectivity index (χ0) is 18.0. The molecule has 0 spiro atoms. The van der Waals surface area contributed by atoms with E-state index in [4.69, 9.17) is 4.74 Å². The Morgan fingerprint density at radius 2 is 2.04 bits per heavy atom.